The van der Waals surface area contributed by atoms with Gasteiger partial charge in [0, 0.05) is 58.1 Å². The van der Waals surface area contributed by atoms with Crippen LogP contribution in [0, 0.1) is 0 Å². The van der Waals surface area contributed by atoms with Crippen LogP contribution in [0.15, 0.2) is 65.5 Å². The van der Waals surface area contributed by atoms with E-state index in [-0.39, 0.29) is 17.5 Å². The van der Waals surface area contributed by atoms with Crippen molar-refractivity contribution in [3.8, 4) is 11.3 Å². The van der Waals surface area contributed by atoms with Crippen molar-refractivity contribution in [3.63, 3.8) is 0 Å². The summed E-state index contributed by atoms with van der Waals surface area (Å²) in [5.41, 5.74) is 3.37. The van der Waals surface area contributed by atoms with E-state index in [0.717, 1.165) is 38.3 Å². The molecular weight excluding hydrogens is 538 g/mol. The number of nitrogens with zero attached hydrogens (tertiary/aromatic N) is 5. The van der Waals surface area contributed by atoms with Gasteiger partial charge < -0.3 is 14.4 Å². The van der Waals surface area contributed by atoms with E-state index in [2.05, 4.69) is 34.1 Å². The Morgan fingerprint density at radius 3 is 2.24 bits per heavy atom. The molecule has 0 atom stereocenters. The van der Waals surface area contributed by atoms with Gasteiger partial charge in [0.15, 0.2) is 0 Å². The molecule has 41 heavy (non-hydrogen) atoms. The molecule has 0 saturated carbocycles. The molecule has 3 saturated heterocycles. The van der Waals surface area contributed by atoms with Crippen LogP contribution in [-0.4, -0.2) is 64.6 Å². The number of amides is 3. The van der Waals surface area contributed by atoms with Gasteiger partial charge in [-0.15, -0.1) is 0 Å². The van der Waals surface area contributed by atoms with E-state index >= 15 is 0 Å². The third kappa shape index (κ3) is 4.83. The Morgan fingerprint density at radius 1 is 0.878 bits per heavy atom. The first kappa shape index (κ1) is 27.5. The molecule has 1 aromatic heterocycles. The number of pyridine rings is 1. The van der Waals surface area contributed by atoms with Gasteiger partial charge in [-0.05, 0) is 74.1 Å². The molecule has 1 spiro atoms. The van der Waals surface area contributed by atoms with Crippen molar-refractivity contribution in [2.75, 3.05) is 42.5 Å². The van der Waals surface area contributed by atoms with E-state index in [1.54, 1.807) is 40.8 Å². The molecule has 0 unspecified atom stereocenters. The number of benzene rings is 2. The lowest BCUT2D eigenvalue weighted by Gasteiger charge is -2.41. The predicted molar refractivity (Wildman–Crippen MR) is 163 cm³/mol. The van der Waals surface area contributed by atoms with E-state index in [0.29, 0.717) is 35.8 Å². The molecule has 0 bridgehead atoms. The Labute approximate surface area is 245 Å². The molecule has 3 amide bonds. The fourth-order valence-corrected chi connectivity index (χ4v) is 6.94. The lowest BCUT2D eigenvalue weighted by molar-refractivity contribution is -0.127. The van der Waals surface area contributed by atoms with Crippen LogP contribution in [0.5, 0.6) is 0 Å². The van der Waals surface area contributed by atoms with E-state index in [1.807, 2.05) is 13.0 Å². The van der Waals surface area contributed by atoms with Gasteiger partial charge in [0.05, 0.1) is 16.4 Å². The maximum Gasteiger partial charge on any atom is 0.332 e. The molecule has 0 radical (unpaired) electrons. The standard InChI is InChI=1S/C32H36ClN5O3/c1-3-37-31(41)38(28-14-11-24(21-26(28)33)27-7-6-8-29(39)34(27)2)30(40)32(37)15-19-35(20-16-32)22-23-9-12-25(13-10-23)36-17-4-5-18-36/h6-14,21H,3-5,15-20,22H2,1-2H3. The minimum Gasteiger partial charge on any atom is -0.372 e. The molecule has 4 heterocycles. The highest BCUT2D eigenvalue weighted by molar-refractivity contribution is 6.36. The van der Waals surface area contributed by atoms with Gasteiger partial charge in [-0.2, -0.15) is 0 Å². The van der Waals surface area contributed by atoms with Crippen molar-refractivity contribution in [1.82, 2.24) is 14.4 Å². The number of likely N-dealkylation sites (tertiary alicyclic amines) is 1. The number of hydrogen-bond acceptors (Lipinski definition) is 5. The first-order valence-electron chi connectivity index (χ1n) is 14.5. The summed E-state index contributed by atoms with van der Waals surface area (Å²) in [5.74, 6) is -0.208. The van der Waals surface area contributed by atoms with E-state index < -0.39 is 5.54 Å². The summed E-state index contributed by atoms with van der Waals surface area (Å²) in [6.07, 6.45) is 3.68. The third-order valence-electron chi connectivity index (χ3n) is 9.02. The number of likely N-dealkylation sites (N-methyl/N-ethyl adjacent to an activating group) is 1. The number of imide groups is 1. The second kappa shape index (κ2) is 11.0. The average Bonchev–Trinajstić information content (AvgIpc) is 3.58. The van der Waals surface area contributed by atoms with Gasteiger partial charge in [0.1, 0.15) is 5.54 Å². The summed E-state index contributed by atoms with van der Waals surface area (Å²) in [7, 11) is 1.70. The van der Waals surface area contributed by atoms with Crippen molar-refractivity contribution in [2.45, 2.75) is 44.7 Å². The van der Waals surface area contributed by atoms with Gasteiger partial charge >= 0.3 is 6.03 Å². The maximum absolute atomic E-state index is 14.0. The monoisotopic (exact) mass is 573 g/mol. The number of anilines is 2. The molecular formula is C32H36ClN5O3. The Kier molecular flexibility index (Phi) is 7.38. The average molecular weight is 574 g/mol. The first-order chi connectivity index (χ1) is 19.8. The zero-order valence-electron chi connectivity index (χ0n) is 23.7. The quantitative estimate of drug-likeness (QED) is 0.383. The number of halogens is 1. The van der Waals surface area contributed by atoms with Crippen LogP contribution in [0.4, 0.5) is 16.2 Å². The highest BCUT2D eigenvalue weighted by atomic mass is 35.5. The largest absolute Gasteiger partial charge is 0.372 e. The van der Waals surface area contributed by atoms with Crippen molar-refractivity contribution in [3.05, 3.63) is 81.6 Å². The van der Waals surface area contributed by atoms with Crippen molar-refractivity contribution in [2.24, 2.45) is 7.05 Å². The number of rotatable bonds is 6. The predicted octanol–water partition coefficient (Wildman–Crippen LogP) is 5.13. The summed E-state index contributed by atoms with van der Waals surface area (Å²) in [6.45, 7) is 6.91. The number of carbonyl (C=O) groups is 2. The molecule has 3 aromatic rings. The van der Waals surface area contributed by atoms with Crippen LogP contribution in [0.2, 0.25) is 5.02 Å². The summed E-state index contributed by atoms with van der Waals surface area (Å²) < 4.78 is 1.54. The number of urea groups is 1. The molecule has 2 aromatic carbocycles. The Bertz CT molecular complexity index is 1520. The number of carbonyl (C=O) groups excluding carboxylic acids is 2. The van der Waals surface area contributed by atoms with E-state index in [9.17, 15) is 14.4 Å². The van der Waals surface area contributed by atoms with Crippen LogP contribution in [0.25, 0.3) is 11.3 Å². The van der Waals surface area contributed by atoms with Crippen molar-refractivity contribution >= 4 is 34.9 Å². The molecule has 6 rings (SSSR count). The van der Waals surface area contributed by atoms with Gasteiger partial charge in [-0.3, -0.25) is 14.5 Å². The fourth-order valence-electron chi connectivity index (χ4n) is 6.68. The molecule has 214 valence electrons. The smallest absolute Gasteiger partial charge is 0.332 e. The molecule has 3 aliphatic heterocycles. The lowest BCUT2D eigenvalue weighted by Crippen LogP contribution is -2.56. The second-order valence-corrected chi connectivity index (χ2v) is 11.7. The van der Waals surface area contributed by atoms with Gasteiger partial charge in [0.25, 0.3) is 11.5 Å². The molecule has 0 aliphatic carbocycles. The second-order valence-electron chi connectivity index (χ2n) is 11.3. The number of aromatic nitrogens is 1. The maximum atomic E-state index is 14.0. The Balaban J connectivity index is 1.18. The van der Waals surface area contributed by atoms with Gasteiger partial charge in [-0.1, -0.05) is 35.9 Å². The molecule has 9 heteroatoms. The number of piperidine rings is 1. The number of hydrogen-bond donors (Lipinski definition) is 0. The van der Waals surface area contributed by atoms with Crippen molar-refractivity contribution in [1.29, 1.82) is 0 Å². The van der Waals surface area contributed by atoms with Crippen LogP contribution in [0.1, 0.15) is 38.2 Å². The minimum atomic E-state index is -0.868. The minimum absolute atomic E-state index is 0.126. The van der Waals surface area contributed by atoms with Crippen LogP contribution in [0.3, 0.4) is 0 Å². The van der Waals surface area contributed by atoms with E-state index in [4.69, 9.17) is 11.6 Å². The first-order valence-corrected chi connectivity index (χ1v) is 14.9. The lowest BCUT2D eigenvalue weighted by atomic mass is 9.85. The fraction of sp³-hybridized carbons (Fsp3) is 0.406. The van der Waals surface area contributed by atoms with E-state index in [1.165, 1.54) is 35.1 Å². The Hall–Kier alpha value is -3.62. The van der Waals surface area contributed by atoms with Crippen LogP contribution < -0.4 is 15.4 Å². The normalized spacial score (nSPS) is 19.1. The molecule has 0 N–H and O–H groups in total. The zero-order valence-corrected chi connectivity index (χ0v) is 24.4. The molecule has 3 fully saturated rings. The summed E-state index contributed by atoms with van der Waals surface area (Å²) in [4.78, 5) is 47.6. The van der Waals surface area contributed by atoms with Gasteiger partial charge in [-0.25, -0.2) is 9.69 Å². The van der Waals surface area contributed by atoms with Crippen LogP contribution >= 0.6 is 11.6 Å². The topological polar surface area (TPSA) is 69.1 Å². The Morgan fingerprint density at radius 2 is 1.59 bits per heavy atom. The zero-order chi connectivity index (χ0) is 28.7. The molecule has 3 aliphatic rings. The SMILES string of the molecule is CCN1C(=O)N(c2ccc(-c3cccc(=O)n3C)cc2Cl)C(=O)C12CCN(Cc1ccc(N3CCCC3)cc1)CC2. The van der Waals surface area contributed by atoms with Crippen LogP contribution in [-0.2, 0) is 18.4 Å². The summed E-state index contributed by atoms with van der Waals surface area (Å²) in [5, 5.41) is 0.295. The summed E-state index contributed by atoms with van der Waals surface area (Å²) in [6, 6.07) is 18.8. The van der Waals surface area contributed by atoms with Crippen molar-refractivity contribution < 1.29 is 9.59 Å². The molecule has 8 nitrogen and oxygen atoms in total. The highest BCUT2D eigenvalue weighted by Gasteiger charge is 2.58. The third-order valence-corrected chi connectivity index (χ3v) is 9.33. The highest BCUT2D eigenvalue weighted by Crippen LogP contribution is 2.42. The summed E-state index contributed by atoms with van der Waals surface area (Å²) >= 11 is 6.70. The van der Waals surface area contributed by atoms with Gasteiger partial charge in [0.2, 0.25) is 0 Å².